The lowest BCUT2D eigenvalue weighted by Crippen LogP contribution is -2.33. The number of aromatic nitrogens is 2. The maximum Gasteiger partial charge on any atom is 0.291 e. The fourth-order valence-corrected chi connectivity index (χ4v) is 2.80. The molecule has 1 fully saturated rings. The van der Waals surface area contributed by atoms with Crippen molar-refractivity contribution < 1.29 is 0 Å². The van der Waals surface area contributed by atoms with E-state index in [1.807, 2.05) is 0 Å². The Hall–Kier alpha value is -1.59. The van der Waals surface area contributed by atoms with Gasteiger partial charge < -0.3 is 15.2 Å². The Kier molecular flexibility index (Phi) is 3.63. The summed E-state index contributed by atoms with van der Waals surface area (Å²) in [5, 5.41) is 3.75. The number of nitrogens with one attached hydrogen (secondary N) is 2. The van der Waals surface area contributed by atoms with E-state index in [0.717, 1.165) is 25.0 Å². The second kappa shape index (κ2) is 5.42. The number of hydrogen-bond acceptors (Lipinski definition) is 4. The quantitative estimate of drug-likeness (QED) is 0.909. The molecule has 1 aromatic carbocycles. The van der Waals surface area contributed by atoms with Crippen molar-refractivity contribution in [1.29, 1.82) is 0 Å². The average Bonchev–Trinajstić information content (AvgIpc) is 2.82. The van der Waals surface area contributed by atoms with Crippen LogP contribution in [0.3, 0.4) is 0 Å². The van der Waals surface area contributed by atoms with Gasteiger partial charge in [-0.1, -0.05) is 11.6 Å². The molecule has 0 aliphatic carbocycles. The Balaban J connectivity index is 1.82. The smallest absolute Gasteiger partial charge is 0.291 e. The first-order valence-electron chi connectivity index (χ1n) is 6.77. The van der Waals surface area contributed by atoms with E-state index >= 15 is 0 Å². The van der Waals surface area contributed by atoms with Crippen LogP contribution in [0, 0.1) is 0 Å². The van der Waals surface area contributed by atoms with Gasteiger partial charge in [-0.2, -0.15) is 0 Å². The van der Waals surface area contributed by atoms with Gasteiger partial charge in [0, 0.05) is 17.6 Å². The standard InChI is InChI=1S/C14H17ClN4O/c1-19-6-2-3-10(19)8-16-13-14(20)18-12-7-9(15)4-5-11(12)17-13/h4-5,7,10H,2-3,6,8H2,1H3,(H,16,17)(H,18,20). The normalized spacial score (nSPS) is 19.6. The highest BCUT2D eigenvalue weighted by atomic mass is 35.5. The molecular formula is C14H17ClN4O. The zero-order valence-electron chi connectivity index (χ0n) is 11.3. The number of fused-ring (bicyclic) bond motifs is 1. The van der Waals surface area contributed by atoms with Crippen LogP contribution >= 0.6 is 11.6 Å². The van der Waals surface area contributed by atoms with Gasteiger partial charge in [0.15, 0.2) is 5.82 Å². The second-order valence-corrected chi connectivity index (χ2v) is 5.67. The predicted molar refractivity (Wildman–Crippen MR) is 81.5 cm³/mol. The van der Waals surface area contributed by atoms with Crippen molar-refractivity contribution in [2.75, 3.05) is 25.5 Å². The molecule has 1 saturated heterocycles. The molecule has 1 aliphatic heterocycles. The summed E-state index contributed by atoms with van der Waals surface area (Å²) in [6.45, 7) is 1.86. The molecule has 2 N–H and O–H groups in total. The Morgan fingerprint density at radius 1 is 1.55 bits per heavy atom. The molecule has 1 aliphatic rings. The lowest BCUT2D eigenvalue weighted by Gasteiger charge is -2.19. The number of halogens is 1. The largest absolute Gasteiger partial charge is 0.364 e. The summed E-state index contributed by atoms with van der Waals surface area (Å²) in [6.07, 6.45) is 2.37. The molecular weight excluding hydrogens is 276 g/mol. The lowest BCUT2D eigenvalue weighted by atomic mass is 10.2. The summed E-state index contributed by atoms with van der Waals surface area (Å²) < 4.78 is 0. The van der Waals surface area contributed by atoms with Crippen molar-refractivity contribution in [3.05, 3.63) is 33.6 Å². The summed E-state index contributed by atoms with van der Waals surface area (Å²) in [5.74, 6) is 0.375. The molecule has 0 radical (unpaired) electrons. The number of H-pyrrole nitrogens is 1. The molecule has 3 rings (SSSR count). The van der Waals surface area contributed by atoms with Gasteiger partial charge in [0.05, 0.1) is 11.0 Å². The third kappa shape index (κ3) is 2.64. The van der Waals surface area contributed by atoms with E-state index in [4.69, 9.17) is 11.6 Å². The summed E-state index contributed by atoms with van der Waals surface area (Å²) >= 11 is 5.90. The van der Waals surface area contributed by atoms with Gasteiger partial charge in [-0.05, 0) is 44.6 Å². The molecule has 106 valence electrons. The molecule has 1 unspecified atom stereocenters. The molecule has 1 aromatic heterocycles. The van der Waals surface area contributed by atoms with Crippen molar-refractivity contribution in [2.45, 2.75) is 18.9 Å². The van der Waals surface area contributed by atoms with Gasteiger partial charge in [-0.15, -0.1) is 0 Å². The molecule has 0 bridgehead atoms. The Bertz CT molecular complexity index is 684. The van der Waals surface area contributed by atoms with Crippen molar-refractivity contribution in [3.63, 3.8) is 0 Å². The monoisotopic (exact) mass is 292 g/mol. The zero-order valence-corrected chi connectivity index (χ0v) is 12.1. The zero-order chi connectivity index (χ0) is 14.1. The first kappa shape index (κ1) is 13.4. The number of likely N-dealkylation sites (N-methyl/N-ethyl adjacent to an activating group) is 1. The third-order valence-corrected chi connectivity index (χ3v) is 4.07. The maximum absolute atomic E-state index is 12.0. The SMILES string of the molecule is CN1CCCC1CNc1nc2ccc(Cl)cc2[nH]c1=O. The van der Waals surface area contributed by atoms with Gasteiger partial charge in [-0.3, -0.25) is 4.79 Å². The fraction of sp³-hybridized carbons (Fsp3) is 0.429. The van der Waals surface area contributed by atoms with Crippen LogP contribution in [0.2, 0.25) is 5.02 Å². The van der Waals surface area contributed by atoms with Crippen LogP contribution in [0.1, 0.15) is 12.8 Å². The van der Waals surface area contributed by atoms with Gasteiger partial charge in [0.2, 0.25) is 0 Å². The minimum absolute atomic E-state index is 0.208. The molecule has 2 aromatic rings. The molecule has 6 heteroatoms. The van der Waals surface area contributed by atoms with Crippen LogP contribution in [-0.2, 0) is 0 Å². The van der Waals surface area contributed by atoms with Gasteiger partial charge >= 0.3 is 0 Å². The first-order chi connectivity index (χ1) is 9.63. The second-order valence-electron chi connectivity index (χ2n) is 5.23. The lowest BCUT2D eigenvalue weighted by molar-refractivity contribution is 0.322. The molecule has 5 nitrogen and oxygen atoms in total. The highest BCUT2D eigenvalue weighted by molar-refractivity contribution is 6.31. The number of nitrogens with zero attached hydrogens (tertiary/aromatic N) is 2. The van der Waals surface area contributed by atoms with Gasteiger partial charge in [0.25, 0.3) is 5.56 Å². The van der Waals surface area contributed by atoms with Crippen LogP contribution < -0.4 is 10.9 Å². The van der Waals surface area contributed by atoms with E-state index in [-0.39, 0.29) is 5.56 Å². The van der Waals surface area contributed by atoms with E-state index in [1.54, 1.807) is 18.2 Å². The van der Waals surface area contributed by atoms with E-state index in [2.05, 4.69) is 27.2 Å². The topological polar surface area (TPSA) is 61.0 Å². The van der Waals surface area contributed by atoms with Crippen LogP contribution in [0.5, 0.6) is 0 Å². The van der Waals surface area contributed by atoms with Crippen molar-refractivity contribution in [1.82, 2.24) is 14.9 Å². The first-order valence-corrected chi connectivity index (χ1v) is 7.15. The molecule has 0 amide bonds. The summed E-state index contributed by atoms with van der Waals surface area (Å²) in [5.41, 5.74) is 1.18. The van der Waals surface area contributed by atoms with Crippen molar-refractivity contribution >= 4 is 28.5 Å². The molecule has 20 heavy (non-hydrogen) atoms. The Labute approximate surface area is 122 Å². The van der Waals surface area contributed by atoms with Crippen molar-refractivity contribution in [2.24, 2.45) is 0 Å². The number of anilines is 1. The minimum atomic E-state index is -0.208. The molecule has 0 spiro atoms. The van der Waals surface area contributed by atoms with E-state index in [9.17, 15) is 4.79 Å². The number of aromatic amines is 1. The third-order valence-electron chi connectivity index (χ3n) is 3.83. The highest BCUT2D eigenvalue weighted by Crippen LogP contribution is 2.17. The Morgan fingerprint density at radius 2 is 2.40 bits per heavy atom. The molecule has 2 heterocycles. The molecule has 1 atom stereocenters. The summed E-state index contributed by atoms with van der Waals surface area (Å²) in [4.78, 5) is 21.5. The van der Waals surface area contributed by atoms with E-state index < -0.39 is 0 Å². The van der Waals surface area contributed by atoms with Gasteiger partial charge in [-0.25, -0.2) is 4.98 Å². The van der Waals surface area contributed by atoms with E-state index in [1.165, 1.54) is 6.42 Å². The average molecular weight is 293 g/mol. The number of hydrogen-bond donors (Lipinski definition) is 2. The minimum Gasteiger partial charge on any atom is -0.364 e. The number of benzene rings is 1. The summed E-state index contributed by atoms with van der Waals surface area (Å²) in [7, 11) is 2.11. The summed E-state index contributed by atoms with van der Waals surface area (Å²) in [6, 6.07) is 5.75. The van der Waals surface area contributed by atoms with Crippen LogP contribution in [0.4, 0.5) is 5.82 Å². The van der Waals surface area contributed by atoms with E-state index in [0.29, 0.717) is 22.4 Å². The molecule has 0 saturated carbocycles. The number of rotatable bonds is 3. The van der Waals surface area contributed by atoms with Crippen LogP contribution in [-0.4, -0.2) is 41.0 Å². The van der Waals surface area contributed by atoms with Gasteiger partial charge in [0.1, 0.15) is 0 Å². The fourth-order valence-electron chi connectivity index (χ4n) is 2.63. The maximum atomic E-state index is 12.0. The van der Waals surface area contributed by atoms with Crippen molar-refractivity contribution in [3.8, 4) is 0 Å². The van der Waals surface area contributed by atoms with Crippen LogP contribution in [0.25, 0.3) is 11.0 Å². The Morgan fingerprint density at radius 3 is 3.15 bits per heavy atom. The highest BCUT2D eigenvalue weighted by Gasteiger charge is 2.20. The van der Waals surface area contributed by atoms with Crippen LogP contribution in [0.15, 0.2) is 23.0 Å². The predicted octanol–water partition coefficient (Wildman–Crippen LogP) is 2.08. The number of likely N-dealkylation sites (tertiary alicyclic amines) is 1.